The number of para-hydroxylation sites is 5. The summed E-state index contributed by atoms with van der Waals surface area (Å²) in [5.74, 6) is 0. The van der Waals surface area contributed by atoms with Crippen molar-refractivity contribution in [2.45, 2.75) is 12.8 Å². The summed E-state index contributed by atoms with van der Waals surface area (Å²) in [6.07, 6.45) is 6.74. The van der Waals surface area contributed by atoms with Crippen molar-refractivity contribution in [3.05, 3.63) is 139 Å². The molecule has 0 radical (unpaired) electrons. The molecule has 0 spiro atoms. The SMILES string of the molecule is C1=Cc2c(n(-c3ccccc3-c3ccccc3-n3c4ccccc4c4ccccc43)c3ccccc23)CC1. The fraction of sp³-hybridized carbons (Fsp3) is 0.0556. The molecule has 2 heterocycles. The minimum atomic E-state index is 1.05. The lowest BCUT2D eigenvalue weighted by Gasteiger charge is -2.20. The fourth-order valence-corrected chi connectivity index (χ4v) is 6.42. The largest absolute Gasteiger partial charge is 0.312 e. The van der Waals surface area contributed by atoms with Crippen molar-refractivity contribution in [2.75, 3.05) is 0 Å². The Balaban J connectivity index is 1.45. The molecule has 0 bridgehead atoms. The Morgan fingerprint density at radius 1 is 0.447 bits per heavy atom. The predicted octanol–water partition coefficient (Wildman–Crippen LogP) is 9.35. The molecule has 2 heteroatoms. The van der Waals surface area contributed by atoms with E-state index in [0.717, 1.165) is 12.8 Å². The third-order valence-electron chi connectivity index (χ3n) is 8.01. The van der Waals surface area contributed by atoms with Crippen LogP contribution in [-0.4, -0.2) is 9.13 Å². The maximum absolute atomic E-state index is 2.51. The van der Waals surface area contributed by atoms with E-state index in [4.69, 9.17) is 0 Å². The summed E-state index contributed by atoms with van der Waals surface area (Å²) in [6, 6.07) is 44.1. The Bertz CT molecular complexity index is 1980. The minimum Gasteiger partial charge on any atom is -0.312 e. The van der Waals surface area contributed by atoms with Crippen LogP contribution >= 0.6 is 0 Å². The maximum atomic E-state index is 2.51. The summed E-state index contributed by atoms with van der Waals surface area (Å²) in [5, 5.41) is 3.89. The Hall–Kier alpha value is -4.82. The predicted molar refractivity (Wildman–Crippen MR) is 160 cm³/mol. The summed E-state index contributed by atoms with van der Waals surface area (Å²) >= 11 is 0. The average Bonchev–Trinajstić information content (AvgIpc) is 3.50. The van der Waals surface area contributed by atoms with Gasteiger partial charge in [0.2, 0.25) is 0 Å². The number of allylic oxidation sites excluding steroid dienone is 1. The van der Waals surface area contributed by atoms with Gasteiger partial charge < -0.3 is 9.13 Å². The zero-order valence-electron chi connectivity index (χ0n) is 21.0. The molecule has 0 aliphatic heterocycles. The van der Waals surface area contributed by atoms with Gasteiger partial charge in [-0.1, -0.05) is 103 Å². The first kappa shape index (κ1) is 21.3. The van der Waals surface area contributed by atoms with Gasteiger partial charge in [-0.25, -0.2) is 0 Å². The quantitative estimate of drug-likeness (QED) is 0.235. The monoisotopic (exact) mass is 486 g/mol. The highest BCUT2D eigenvalue weighted by atomic mass is 15.0. The van der Waals surface area contributed by atoms with Gasteiger partial charge in [0.05, 0.1) is 27.9 Å². The summed E-state index contributed by atoms with van der Waals surface area (Å²) in [7, 11) is 0. The van der Waals surface area contributed by atoms with Crippen LogP contribution < -0.4 is 0 Å². The fourth-order valence-electron chi connectivity index (χ4n) is 6.42. The van der Waals surface area contributed by atoms with Crippen molar-refractivity contribution in [2.24, 2.45) is 0 Å². The maximum Gasteiger partial charge on any atom is 0.0541 e. The zero-order valence-corrected chi connectivity index (χ0v) is 21.0. The molecule has 0 N–H and O–H groups in total. The second kappa shape index (κ2) is 8.36. The average molecular weight is 487 g/mol. The van der Waals surface area contributed by atoms with Crippen molar-refractivity contribution >= 4 is 38.8 Å². The molecule has 0 saturated carbocycles. The lowest BCUT2D eigenvalue weighted by atomic mass is 10.00. The number of nitrogens with zero attached hydrogens (tertiary/aromatic N) is 2. The van der Waals surface area contributed by atoms with Crippen LogP contribution in [0.25, 0.3) is 61.3 Å². The standard InChI is InChI=1S/C36H26N2/c1-7-19-31-25(13-1)26-14-2-8-20-32(26)37(31)35-23-11-5-17-29(35)30-18-6-12-24-36(30)38-33-21-9-3-15-27(33)28-16-4-10-22-34(28)38/h1-9,11-21,23-24H,10,22H2. The van der Waals surface area contributed by atoms with Crippen molar-refractivity contribution in [3.63, 3.8) is 0 Å². The number of rotatable bonds is 3. The Morgan fingerprint density at radius 3 is 1.55 bits per heavy atom. The van der Waals surface area contributed by atoms with E-state index in [9.17, 15) is 0 Å². The van der Waals surface area contributed by atoms with Crippen LogP contribution in [0.1, 0.15) is 17.7 Å². The Kier molecular flexibility index (Phi) is 4.68. The van der Waals surface area contributed by atoms with Crippen LogP contribution in [0.3, 0.4) is 0 Å². The van der Waals surface area contributed by atoms with Gasteiger partial charge in [0.15, 0.2) is 0 Å². The van der Waals surface area contributed by atoms with Crippen LogP contribution in [-0.2, 0) is 6.42 Å². The molecule has 0 fully saturated rings. The molecule has 2 nitrogen and oxygen atoms in total. The van der Waals surface area contributed by atoms with E-state index in [1.54, 1.807) is 0 Å². The molecular weight excluding hydrogens is 460 g/mol. The summed E-state index contributed by atoms with van der Waals surface area (Å²) < 4.78 is 4.94. The summed E-state index contributed by atoms with van der Waals surface area (Å²) in [6.45, 7) is 0. The smallest absolute Gasteiger partial charge is 0.0541 e. The minimum absolute atomic E-state index is 1.05. The van der Waals surface area contributed by atoms with Crippen molar-refractivity contribution < 1.29 is 0 Å². The third-order valence-corrected chi connectivity index (χ3v) is 8.01. The molecule has 0 atom stereocenters. The molecule has 180 valence electrons. The van der Waals surface area contributed by atoms with Gasteiger partial charge in [0, 0.05) is 38.5 Å². The van der Waals surface area contributed by atoms with E-state index < -0.39 is 0 Å². The highest BCUT2D eigenvalue weighted by molar-refractivity contribution is 6.09. The number of hydrogen-bond acceptors (Lipinski definition) is 0. The van der Waals surface area contributed by atoms with Crippen LogP contribution in [0, 0.1) is 0 Å². The van der Waals surface area contributed by atoms with E-state index in [2.05, 4.69) is 143 Å². The number of hydrogen-bond donors (Lipinski definition) is 0. The number of benzene rings is 5. The van der Waals surface area contributed by atoms with E-state index >= 15 is 0 Å². The lowest BCUT2D eigenvalue weighted by Crippen LogP contribution is -2.05. The van der Waals surface area contributed by atoms with Crippen molar-refractivity contribution in [1.82, 2.24) is 9.13 Å². The van der Waals surface area contributed by atoms with E-state index in [1.165, 1.54) is 66.5 Å². The first-order chi connectivity index (χ1) is 18.9. The summed E-state index contributed by atoms with van der Waals surface area (Å²) in [4.78, 5) is 0. The molecular formula is C36H26N2. The second-order valence-corrected chi connectivity index (χ2v) is 10.1. The molecule has 0 unspecified atom stereocenters. The lowest BCUT2D eigenvalue weighted by molar-refractivity contribution is 0.889. The second-order valence-electron chi connectivity index (χ2n) is 10.1. The molecule has 1 aliphatic rings. The number of aromatic nitrogens is 2. The molecule has 0 saturated heterocycles. The molecule has 7 aromatic rings. The van der Waals surface area contributed by atoms with Crippen LogP contribution in [0.15, 0.2) is 127 Å². The van der Waals surface area contributed by atoms with Gasteiger partial charge >= 0.3 is 0 Å². The first-order valence-electron chi connectivity index (χ1n) is 13.4. The van der Waals surface area contributed by atoms with Crippen molar-refractivity contribution in [3.8, 4) is 22.5 Å². The first-order valence-corrected chi connectivity index (χ1v) is 13.4. The Morgan fingerprint density at radius 2 is 0.921 bits per heavy atom. The molecule has 0 amide bonds. The van der Waals surface area contributed by atoms with Gasteiger partial charge in [0.25, 0.3) is 0 Å². The molecule has 1 aliphatic carbocycles. The molecule has 5 aromatic carbocycles. The molecule has 8 rings (SSSR count). The third kappa shape index (κ3) is 3.01. The van der Waals surface area contributed by atoms with Crippen LogP contribution in [0.2, 0.25) is 0 Å². The van der Waals surface area contributed by atoms with Gasteiger partial charge in [-0.05, 0) is 43.2 Å². The molecule has 2 aromatic heterocycles. The van der Waals surface area contributed by atoms with Crippen LogP contribution in [0.4, 0.5) is 0 Å². The van der Waals surface area contributed by atoms with E-state index in [0.29, 0.717) is 0 Å². The normalized spacial score (nSPS) is 12.9. The number of fused-ring (bicyclic) bond motifs is 6. The van der Waals surface area contributed by atoms with E-state index in [1.807, 2.05) is 0 Å². The van der Waals surface area contributed by atoms with Crippen LogP contribution in [0.5, 0.6) is 0 Å². The summed E-state index contributed by atoms with van der Waals surface area (Å²) in [5.41, 5.74) is 11.4. The van der Waals surface area contributed by atoms with Gasteiger partial charge in [0.1, 0.15) is 0 Å². The zero-order chi connectivity index (χ0) is 25.1. The van der Waals surface area contributed by atoms with E-state index in [-0.39, 0.29) is 0 Å². The molecule has 38 heavy (non-hydrogen) atoms. The van der Waals surface area contributed by atoms with Gasteiger partial charge in [-0.15, -0.1) is 0 Å². The van der Waals surface area contributed by atoms with Gasteiger partial charge in [-0.3, -0.25) is 0 Å². The topological polar surface area (TPSA) is 9.86 Å². The highest BCUT2D eigenvalue weighted by Gasteiger charge is 2.22. The van der Waals surface area contributed by atoms with Gasteiger partial charge in [-0.2, -0.15) is 0 Å². The van der Waals surface area contributed by atoms with Crippen molar-refractivity contribution in [1.29, 1.82) is 0 Å². The highest BCUT2D eigenvalue weighted by Crippen LogP contribution is 2.40. The Labute approximate surface area is 221 Å².